The zero-order valence-corrected chi connectivity index (χ0v) is 14.9. The molecule has 0 bridgehead atoms. The summed E-state index contributed by atoms with van der Waals surface area (Å²) >= 11 is 17.3. The fourth-order valence-electron chi connectivity index (χ4n) is 1.80. The normalized spacial score (nSPS) is 11.0. The molecule has 4 nitrogen and oxygen atoms in total. The second-order valence-corrected chi connectivity index (χ2v) is 5.87. The lowest BCUT2D eigenvalue weighted by atomic mass is 10.1. The quantitative estimate of drug-likeness (QED) is 0.466. The van der Waals surface area contributed by atoms with Crippen molar-refractivity contribution in [3.8, 4) is 5.75 Å². The summed E-state index contributed by atoms with van der Waals surface area (Å²) in [7, 11) is 1.62. The highest BCUT2D eigenvalue weighted by atomic mass is 35.5. The van der Waals surface area contributed by atoms with Gasteiger partial charge < -0.3 is 10.1 Å². The van der Waals surface area contributed by atoms with Crippen molar-refractivity contribution in [1.29, 1.82) is 0 Å². The Morgan fingerprint density at radius 2 is 1.83 bits per heavy atom. The average Bonchev–Trinajstić information content (AvgIpc) is 2.55. The van der Waals surface area contributed by atoms with Gasteiger partial charge in [0.05, 0.1) is 12.8 Å². The molecule has 120 valence electrons. The number of methoxy groups -OCH3 is 1. The van der Waals surface area contributed by atoms with Gasteiger partial charge in [0, 0.05) is 21.3 Å². The van der Waals surface area contributed by atoms with Crippen LogP contribution in [0.25, 0.3) is 0 Å². The van der Waals surface area contributed by atoms with Crippen LogP contribution in [0.1, 0.15) is 12.5 Å². The Labute approximate surface area is 150 Å². The zero-order chi connectivity index (χ0) is 16.8. The van der Waals surface area contributed by atoms with Crippen LogP contribution in [-0.4, -0.2) is 17.9 Å². The van der Waals surface area contributed by atoms with Crippen LogP contribution in [0.3, 0.4) is 0 Å². The van der Waals surface area contributed by atoms with Crippen molar-refractivity contribution in [2.45, 2.75) is 6.92 Å². The molecular weight excluding hydrogens is 353 g/mol. The zero-order valence-electron chi connectivity index (χ0n) is 12.6. The van der Waals surface area contributed by atoms with Crippen LogP contribution in [0.4, 0.5) is 5.69 Å². The standard InChI is InChI=1S/C16H15Cl2N3OS/c1-10(14-9-11(17)3-8-15(14)18)20-21-16(23)19-12-4-6-13(22-2)7-5-12/h3-9H,1-2H3,(H2,19,21,23)/b20-10-. The molecule has 0 amide bonds. The molecule has 0 aliphatic carbocycles. The van der Waals surface area contributed by atoms with Crippen LogP contribution in [0, 0.1) is 0 Å². The molecule has 23 heavy (non-hydrogen) atoms. The van der Waals surface area contributed by atoms with E-state index < -0.39 is 0 Å². The Morgan fingerprint density at radius 3 is 2.48 bits per heavy atom. The Morgan fingerprint density at radius 1 is 1.13 bits per heavy atom. The molecule has 0 saturated carbocycles. The molecule has 2 aromatic rings. The SMILES string of the molecule is COc1ccc(NC(=S)N/N=C(/C)c2cc(Cl)ccc2Cl)cc1. The number of hydrogen-bond donors (Lipinski definition) is 2. The summed E-state index contributed by atoms with van der Waals surface area (Å²) in [6.45, 7) is 1.82. The number of halogens is 2. The van der Waals surface area contributed by atoms with E-state index in [4.69, 9.17) is 40.2 Å². The summed E-state index contributed by atoms with van der Waals surface area (Å²) in [4.78, 5) is 0. The molecule has 2 N–H and O–H groups in total. The van der Waals surface area contributed by atoms with E-state index in [1.165, 1.54) is 0 Å². The first-order chi connectivity index (χ1) is 11.0. The largest absolute Gasteiger partial charge is 0.497 e. The summed E-state index contributed by atoms with van der Waals surface area (Å²) in [6.07, 6.45) is 0. The molecule has 0 radical (unpaired) electrons. The molecule has 0 heterocycles. The lowest BCUT2D eigenvalue weighted by molar-refractivity contribution is 0.415. The highest BCUT2D eigenvalue weighted by molar-refractivity contribution is 7.80. The predicted molar refractivity (Wildman–Crippen MR) is 101 cm³/mol. The first-order valence-corrected chi connectivity index (χ1v) is 7.87. The van der Waals surface area contributed by atoms with Crippen molar-refractivity contribution in [1.82, 2.24) is 5.43 Å². The van der Waals surface area contributed by atoms with Crippen molar-refractivity contribution in [3.05, 3.63) is 58.1 Å². The number of nitrogens with one attached hydrogen (secondary N) is 2. The first-order valence-electron chi connectivity index (χ1n) is 6.70. The van der Waals surface area contributed by atoms with Crippen LogP contribution < -0.4 is 15.5 Å². The Bertz CT molecular complexity index is 733. The van der Waals surface area contributed by atoms with E-state index in [0.717, 1.165) is 17.0 Å². The van der Waals surface area contributed by atoms with Gasteiger partial charge >= 0.3 is 0 Å². The maximum atomic E-state index is 6.14. The molecule has 2 rings (SSSR count). The van der Waals surface area contributed by atoms with Gasteiger partial charge in [-0.25, -0.2) is 0 Å². The third-order valence-corrected chi connectivity index (χ3v) is 3.75. The maximum Gasteiger partial charge on any atom is 0.191 e. The third kappa shape index (κ3) is 5.10. The highest BCUT2D eigenvalue weighted by Crippen LogP contribution is 2.21. The molecule has 0 unspecified atom stereocenters. The van der Waals surface area contributed by atoms with E-state index in [1.54, 1.807) is 25.3 Å². The lowest BCUT2D eigenvalue weighted by Gasteiger charge is -2.09. The minimum Gasteiger partial charge on any atom is -0.497 e. The van der Waals surface area contributed by atoms with Crippen LogP contribution in [-0.2, 0) is 0 Å². The van der Waals surface area contributed by atoms with Crippen LogP contribution in [0.5, 0.6) is 5.75 Å². The van der Waals surface area contributed by atoms with Gasteiger partial charge in [-0.3, -0.25) is 5.43 Å². The van der Waals surface area contributed by atoms with E-state index in [2.05, 4.69) is 15.8 Å². The van der Waals surface area contributed by atoms with Crippen LogP contribution >= 0.6 is 35.4 Å². The van der Waals surface area contributed by atoms with Crippen molar-refractivity contribution < 1.29 is 4.74 Å². The van der Waals surface area contributed by atoms with E-state index in [1.807, 2.05) is 31.2 Å². The molecular formula is C16H15Cl2N3OS. The van der Waals surface area contributed by atoms with Crippen molar-refractivity contribution in [2.75, 3.05) is 12.4 Å². The topological polar surface area (TPSA) is 45.6 Å². The molecule has 0 spiro atoms. The van der Waals surface area contributed by atoms with Gasteiger partial charge in [0.15, 0.2) is 5.11 Å². The molecule has 7 heteroatoms. The molecule has 0 aromatic heterocycles. The van der Waals surface area contributed by atoms with E-state index in [-0.39, 0.29) is 0 Å². The van der Waals surface area contributed by atoms with Gasteiger partial charge in [0.2, 0.25) is 0 Å². The lowest BCUT2D eigenvalue weighted by Crippen LogP contribution is -2.25. The van der Waals surface area contributed by atoms with Gasteiger partial charge in [0.25, 0.3) is 0 Å². The van der Waals surface area contributed by atoms with E-state index in [0.29, 0.717) is 20.9 Å². The van der Waals surface area contributed by atoms with E-state index >= 15 is 0 Å². The fraction of sp³-hybridized carbons (Fsp3) is 0.125. The van der Waals surface area contributed by atoms with Crippen molar-refractivity contribution in [2.24, 2.45) is 5.10 Å². The van der Waals surface area contributed by atoms with Gasteiger partial charge in [-0.2, -0.15) is 5.10 Å². The minimum atomic E-state index is 0.368. The number of hydrogen-bond acceptors (Lipinski definition) is 3. The molecule has 0 saturated heterocycles. The van der Waals surface area contributed by atoms with Crippen LogP contribution in [0.15, 0.2) is 47.6 Å². The fourth-order valence-corrected chi connectivity index (χ4v) is 2.39. The molecule has 0 fully saturated rings. The average molecular weight is 368 g/mol. The number of thiocarbonyl (C=S) groups is 1. The number of benzene rings is 2. The minimum absolute atomic E-state index is 0.368. The first kappa shape index (κ1) is 17.5. The smallest absolute Gasteiger partial charge is 0.191 e. The van der Waals surface area contributed by atoms with Gasteiger partial charge in [0.1, 0.15) is 5.75 Å². The van der Waals surface area contributed by atoms with Gasteiger partial charge in [-0.1, -0.05) is 23.2 Å². The third-order valence-electron chi connectivity index (χ3n) is 2.99. The number of nitrogens with zero attached hydrogens (tertiary/aromatic N) is 1. The van der Waals surface area contributed by atoms with Gasteiger partial charge in [-0.05, 0) is 61.6 Å². The second-order valence-electron chi connectivity index (χ2n) is 4.62. The van der Waals surface area contributed by atoms with E-state index in [9.17, 15) is 0 Å². The number of rotatable bonds is 4. The highest BCUT2D eigenvalue weighted by Gasteiger charge is 2.05. The Kier molecular flexibility index (Phi) is 6.21. The molecule has 0 aliphatic heterocycles. The predicted octanol–water partition coefficient (Wildman–Crippen LogP) is 4.71. The summed E-state index contributed by atoms with van der Waals surface area (Å²) in [5, 5.41) is 8.78. The van der Waals surface area contributed by atoms with Crippen molar-refractivity contribution in [3.63, 3.8) is 0 Å². The summed E-state index contributed by atoms with van der Waals surface area (Å²) < 4.78 is 5.10. The number of hydrazone groups is 1. The van der Waals surface area contributed by atoms with Gasteiger partial charge in [-0.15, -0.1) is 0 Å². The number of anilines is 1. The molecule has 0 aliphatic rings. The number of ether oxygens (including phenoxy) is 1. The summed E-state index contributed by atoms with van der Waals surface area (Å²) in [5.74, 6) is 0.777. The molecule has 0 atom stereocenters. The summed E-state index contributed by atoms with van der Waals surface area (Å²) in [6, 6.07) is 12.6. The molecule has 2 aromatic carbocycles. The Balaban J connectivity index is 2.00. The van der Waals surface area contributed by atoms with Crippen LogP contribution in [0.2, 0.25) is 10.0 Å². The van der Waals surface area contributed by atoms with Crippen molar-refractivity contribution >= 4 is 51.9 Å². The second kappa shape index (κ2) is 8.15. The maximum absolute atomic E-state index is 6.14. The summed E-state index contributed by atoms with van der Waals surface area (Å²) in [5.41, 5.74) is 5.04. The monoisotopic (exact) mass is 367 g/mol. The Hall–Kier alpha value is -1.82.